The van der Waals surface area contributed by atoms with Gasteiger partial charge < -0.3 is 4.90 Å². The van der Waals surface area contributed by atoms with Gasteiger partial charge in [-0.25, -0.2) is 0 Å². The van der Waals surface area contributed by atoms with E-state index in [2.05, 4.69) is 28.9 Å². The Morgan fingerprint density at radius 2 is 1.69 bits per heavy atom. The van der Waals surface area contributed by atoms with Gasteiger partial charge in [-0.05, 0) is 23.6 Å². The molecular weight excluding hydrogens is 375 g/mol. The molecule has 1 aliphatic rings. The van der Waals surface area contributed by atoms with Crippen molar-refractivity contribution >= 4 is 11.4 Å². The molecule has 0 atom stereocenters. The normalized spacial score (nSPS) is 14.4. The molecule has 0 radical (unpaired) electrons. The zero-order valence-electron chi connectivity index (χ0n) is 16.4. The van der Waals surface area contributed by atoms with Crippen molar-refractivity contribution in [1.29, 1.82) is 0 Å². The molecule has 0 N–H and O–H groups in total. The number of nitrogens with zero attached hydrogens (tertiary/aromatic N) is 3. The van der Waals surface area contributed by atoms with Gasteiger partial charge in [0.05, 0.1) is 22.7 Å². The van der Waals surface area contributed by atoms with Crippen molar-refractivity contribution in [3.05, 3.63) is 95.2 Å². The van der Waals surface area contributed by atoms with E-state index in [0.717, 1.165) is 29.3 Å². The Hall–Kier alpha value is -3.15. The summed E-state index contributed by atoms with van der Waals surface area (Å²) in [5.74, 6) is 0. The molecule has 2 aromatic rings. The molecule has 1 heterocycles. The lowest BCUT2D eigenvalue weighted by molar-refractivity contribution is -0.0879. The largest absolute Gasteiger partial charge is 0.415 e. The molecule has 0 amide bonds. The maximum atomic E-state index is 12.9. The maximum Gasteiger partial charge on any atom is 0.415 e. The molecule has 29 heavy (non-hydrogen) atoms. The van der Waals surface area contributed by atoms with Gasteiger partial charge in [-0.2, -0.15) is 23.4 Å². The number of halogens is 3. The quantitative estimate of drug-likeness (QED) is 0.601. The average Bonchev–Trinajstić information content (AvgIpc) is 3.15. The van der Waals surface area contributed by atoms with Crippen molar-refractivity contribution < 1.29 is 13.2 Å². The Bertz CT molecular complexity index is 984. The van der Waals surface area contributed by atoms with Crippen LogP contribution in [0.15, 0.2) is 88.7 Å². The molecule has 0 aliphatic carbocycles. The first kappa shape index (κ1) is 20.6. The first-order chi connectivity index (χ1) is 13.8. The standard InChI is InChI=1S/C23H22F3N3/c1-16(23(24,25)26)13-22(29(2)3)21-15-20(27-28-21)19-12-8-7-11-18(19)14-17-9-5-4-6-10-17/h4-13H,1,14-15H2,2-3H3/b22-13-. The van der Waals surface area contributed by atoms with E-state index in [4.69, 9.17) is 0 Å². The van der Waals surface area contributed by atoms with Crippen LogP contribution in [0, 0.1) is 0 Å². The van der Waals surface area contributed by atoms with Crippen LogP contribution in [-0.4, -0.2) is 36.6 Å². The lowest BCUT2D eigenvalue weighted by Crippen LogP contribution is -2.22. The fraction of sp³-hybridized carbons (Fsp3) is 0.217. The van der Waals surface area contributed by atoms with Gasteiger partial charge in [0.25, 0.3) is 0 Å². The van der Waals surface area contributed by atoms with Crippen LogP contribution in [0.25, 0.3) is 0 Å². The third kappa shape index (κ3) is 5.02. The van der Waals surface area contributed by atoms with Crippen molar-refractivity contribution in [2.75, 3.05) is 14.1 Å². The Morgan fingerprint density at radius 3 is 2.34 bits per heavy atom. The second-order valence-electron chi connectivity index (χ2n) is 7.04. The Balaban J connectivity index is 1.83. The van der Waals surface area contributed by atoms with Crippen molar-refractivity contribution in [2.24, 2.45) is 10.2 Å². The second-order valence-corrected chi connectivity index (χ2v) is 7.04. The zero-order valence-corrected chi connectivity index (χ0v) is 16.4. The molecule has 0 bridgehead atoms. The Labute approximate surface area is 168 Å². The van der Waals surface area contributed by atoms with Crippen molar-refractivity contribution in [3.63, 3.8) is 0 Å². The van der Waals surface area contributed by atoms with E-state index in [1.807, 2.05) is 42.5 Å². The van der Waals surface area contributed by atoms with Crippen molar-refractivity contribution in [2.45, 2.75) is 19.0 Å². The molecule has 0 spiro atoms. The topological polar surface area (TPSA) is 28.0 Å². The van der Waals surface area contributed by atoms with Crippen molar-refractivity contribution in [3.8, 4) is 0 Å². The molecular formula is C23H22F3N3. The minimum atomic E-state index is -4.48. The lowest BCUT2D eigenvalue weighted by Gasteiger charge is -2.18. The molecule has 1 aliphatic heterocycles. The fourth-order valence-corrected chi connectivity index (χ4v) is 3.13. The average molecular weight is 397 g/mol. The Kier molecular flexibility index (Phi) is 6.01. The first-order valence-electron chi connectivity index (χ1n) is 9.17. The van der Waals surface area contributed by atoms with Gasteiger partial charge >= 0.3 is 6.18 Å². The summed E-state index contributed by atoms with van der Waals surface area (Å²) in [5.41, 5.74) is 3.91. The highest BCUT2D eigenvalue weighted by Crippen LogP contribution is 2.28. The van der Waals surface area contributed by atoms with Crippen LogP contribution in [0.1, 0.15) is 23.1 Å². The molecule has 3 nitrogen and oxygen atoms in total. The predicted molar refractivity (Wildman–Crippen MR) is 111 cm³/mol. The highest BCUT2D eigenvalue weighted by molar-refractivity contribution is 6.20. The SMILES string of the molecule is C=C(/C=C(/C1=NN=C(c2ccccc2Cc2ccccc2)C1)N(C)C)C(F)(F)F. The molecule has 0 saturated carbocycles. The number of benzene rings is 2. The second kappa shape index (κ2) is 8.47. The molecule has 3 rings (SSSR count). The maximum absolute atomic E-state index is 12.9. The summed E-state index contributed by atoms with van der Waals surface area (Å²) in [7, 11) is 3.36. The molecule has 6 heteroatoms. The molecule has 0 saturated heterocycles. The van der Waals surface area contributed by atoms with Crippen molar-refractivity contribution in [1.82, 2.24) is 4.90 Å². The fourth-order valence-electron chi connectivity index (χ4n) is 3.13. The zero-order chi connectivity index (χ0) is 21.0. The van der Waals surface area contributed by atoms with Crippen LogP contribution < -0.4 is 0 Å². The first-order valence-corrected chi connectivity index (χ1v) is 9.17. The molecule has 2 aromatic carbocycles. The van der Waals surface area contributed by atoms with E-state index >= 15 is 0 Å². The summed E-state index contributed by atoms with van der Waals surface area (Å²) in [5, 5.41) is 8.47. The van der Waals surface area contributed by atoms with Gasteiger partial charge in [0, 0.05) is 26.1 Å². The van der Waals surface area contributed by atoms with Gasteiger partial charge in [0.1, 0.15) is 0 Å². The number of hydrogen-bond acceptors (Lipinski definition) is 3. The van der Waals surface area contributed by atoms with Gasteiger partial charge in [-0.15, -0.1) is 0 Å². The summed E-state index contributed by atoms with van der Waals surface area (Å²) in [6.45, 7) is 3.14. The Morgan fingerprint density at radius 1 is 1.03 bits per heavy atom. The summed E-state index contributed by atoms with van der Waals surface area (Å²) < 4.78 is 38.8. The molecule has 150 valence electrons. The monoisotopic (exact) mass is 397 g/mol. The van der Waals surface area contributed by atoms with E-state index in [1.165, 1.54) is 5.56 Å². The molecule has 0 unspecified atom stereocenters. The highest BCUT2D eigenvalue weighted by Gasteiger charge is 2.32. The van der Waals surface area contributed by atoms with Gasteiger partial charge in [-0.3, -0.25) is 0 Å². The van der Waals surface area contributed by atoms with E-state index in [-0.39, 0.29) is 0 Å². The summed E-state index contributed by atoms with van der Waals surface area (Å²) in [6, 6.07) is 18.0. The van der Waals surface area contributed by atoms with Gasteiger partial charge in [-0.1, -0.05) is 61.2 Å². The van der Waals surface area contributed by atoms with E-state index < -0.39 is 11.7 Å². The summed E-state index contributed by atoms with van der Waals surface area (Å²) >= 11 is 0. The smallest absolute Gasteiger partial charge is 0.376 e. The van der Waals surface area contributed by atoms with E-state index in [1.54, 1.807) is 19.0 Å². The summed E-state index contributed by atoms with van der Waals surface area (Å²) in [6.07, 6.45) is -2.35. The minimum Gasteiger partial charge on any atom is -0.376 e. The van der Waals surface area contributed by atoms with E-state index in [0.29, 0.717) is 17.8 Å². The van der Waals surface area contributed by atoms with Crippen LogP contribution in [0.2, 0.25) is 0 Å². The molecule has 0 fully saturated rings. The van der Waals surface area contributed by atoms with E-state index in [9.17, 15) is 13.2 Å². The summed E-state index contributed by atoms with van der Waals surface area (Å²) in [4.78, 5) is 1.60. The number of hydrogen-bond donors (Lipinski definition) is 0. The lowest BCUT2D eigenvalue weighted by atomic mass is 9.94. The minimum absolute atomic E-state index is 0.353. The number of alkyl halides is 3. The highest BCUT2D eigenvalue weighted by atomic mass is 19.4. The predicted octanol–water partition coefficient (Wildman–Crippen LogP) is 5.39. The third-order valence-electron chi connectivity index (χ3n) is 4.64. The van der Waals surface area contributed by atoms with Crippen LogP contribution in [-0.2, 0) is 6.42 Å². The van der Waals surface area contributed by atoms with Crippen LogP contribution in [0.4, 0.5) is 13.2 Å². The number of allylic oxidation sites excluding steroid dienone is 3. The molecule has 0 aromatic heterocycles. The van der Waals surface area contributed by atoms with Gasteiger partial charge in [0.15, 0.2) is 0 Å². The number of rotatable bonds is 6. The van der Waals surface area contributed by atoms with Crippen LogP contribution in [0.5, 0.6) is 0 Å². The van der Waals surface area contributed by atoms with Gasteiger partial charge in [0.2, 0.25) is 0 Å². The van der Waals surface area contributed by atoms with Crippen LogP contribution in [0.3, 0.4) is 0 Å². The van der Waals surface area contributed by atoms with Crippen LogP contribution >= 0.6 is 0 Å². The third-order valence-corrected chi connectivity index (χ3v) is 4.64.